The van der Waals surface area contributed by atoms with Crippen LogP contribution in [0.1, 0.15) is 16.1 Å². The molecule has 0 saturated carbocycles. The van der Waals surface area contributed by atoms with E-state index in [1.807, 2.05) is 0 Å². The van der Waals surface area contributed by atoms with E-state index in [2.05, 4.69) is 5.32 Å². The van der Waals surface area contributed by atoms with Gasteiger partial charge in [-0.2, -0.15) is 0 Å². The molecule has 0 aliphatic heterocycles. The van der Waals surface area contributed by atoms with E-state index in [9.17, 15) is 4.79 Å². The molecule has 0 saturated heterocycles. The second-order valence-electron chi connectivity index (χ2n) is 3.42. The number of furan rings is 1. The zero-order valence-electron chi connectivity index (χ0n) is 8.81. The third-order valence-electron chi connectivity index (χ3n) is 2.16. The summed E-state index contributed by atoms with van der Waals surface area (Å²) in [6.07, 6.45) is 0. The molecule has 1 aromatic carbocycles. The highest BCUT2D eigenvalue weighted by molar-refractivity contribution is 6.29. The fourth-order valence-corrected chi connectivity index (χ4v) is 1.52. The first kappa shape index (κ1) is 11.7. The molecule has 5 heteroatoms. The molecular formula is C12H10ClNO3. The summed E-state index contributed by atoms with van der Waals surface area (Å²) in [5.41, 5.74) is 1.31. The van der Waals surface area contributed by atoms with Gasteiger partial charge >= 0.3 is 0 Å². The van der Waals surface area contributed by atoms with Gasteiger partial charge in [-0.3, -0.25) is 4.79 Å². The number of amides is 1. The third kappa shape index (κ3) is 2.87. The maximum atomic E-state index is 11.7. The minimum Gasteiger partial charge on any atom is -0.440 e. The van der Waals surface area contributed by atoms with Gasteiger partial charge in [0.05, 0.1) is 6.61 Å². The topological polar surface area (TPSA) is 62.5 Å². The van der Waals surface area contributed by atoms with Crippen molar-refractivity contribution in [3.8, 4) is 0 Å². The maximum Gasteiger partial charge on any atom is 0.291 e. The predicted octanol–water partition coefficient (Wildman–Crippen LogP) is 2.68. The fourth-order valence-electron chi connectivity index (χ4n) is 1.38. The first-order valence-corrected chi connectivity index (χ1v) is 5.33. The smallest absolute Gasteiger partial charge is 0.291 e. The lowest BCUT2D eigenvalue weighted by Gasteiger charge is -2.04. The van der Waals surface area contributed by atoms with Crippen LogP contribution in [0.2, 0.25) is 5.22 Å². The van der Waals surface area contributed by atoms with Crippen molar-refractivity contribution in [2.45, 2.75) is 6.61 Å². The van der Waals surface area contributed by atoms with Crippen molar-refractivity contribution in [1.82, 2.24) is 0 Å². The van der Waals surface area contributed by atoms with Gasteiger partial charge in [0.2, 0.25) is 0 Å². The number of benzene rings is 1. The Morgan fingerprint density at radius 3 is 2.82 bits per heavy atom. The number of hydrogen-bond acceptors (Lipinski definition) is 3. The van der Waals surface area contributed by atoms with Crippen LogP contribution in [0.15, 0.2) is 40.8 Å². The Hall–Kier alpha value is -1.78. The average molecular weight is 252 g/mol. The number of carbonyl (C=O) groups excluding carboxylic acids is 1. The molecule has 1 aromatic heterocycles. The second kappa shape index (κ2) is 5.03. The molecule has 17 heavy (non-hydrogen) atoms. The molecule has 0 fully saturated rings. The lowest BCUT2D eigenvalue weighted by atomic mass is 10.2. The molecule has 2 rings (SSSR count). The molecule has 0 spiro atoms. The van der Waals surface area contributed by atoms with E-state index >= 15 is 0 Å². The average Bonchev–Trinajstić information content (AvgIpc) is 2.76. The predicted molar refractivity (Wildman–Crippen MR) is 64.0 cm³/mol. The number of aliphatic hydroxyl groups excluding tert-OH is 1. The zero-order valence-corrected chi connectivity index (χ0v) is 9.57. The van der Waals surface area contributed by atoms with Crippen LogP contribution in [0, 0.1) is 0 Å². The van der Waals surface area contributed by atoms with E-state index in [-0.39, 0.29) is 23.5 Å². The van der Waals surface area contributed by atoms with Crippen LogP contribution < -0.4 is 5.32 Å². The molecular weight excluding hydrogens is 242 g/mol. The van der Waals surface area contributed by atoms with E-state index in [0.717, 1.165) is 5.56 Å². The molecule has 4 nitrogen and oxygen atoms in total. The first-order valence-electron chi connectivity index (χ1n) is 4.95. The molecule has 2 aromatic rings. The highest BCUT2D eigenvalue weighted by atomic mass is 35.5. The molecule has 0 aliphatic carbocycles. The molecule has 0 unspecified atom stereocenters. The Balaban J connectivity index is 2.12. The van der Waals surface area contributed by atoms with Crippen molar-refractivity contribution in [3.05, 3.63) is 52.9 Å². The van der Waals surface area contributed by atoms with Crippen LogP contribution >= 0.6 is 11.6 Å². The quantitative estimate of drug-likeness (QED) is 0.882. The van der Waals surface area contributed by atoms with Crippen LogP contribution in [-0.2, 0) is 6.61 Å². The number of nitrogens with one attached hydrogen (secondary N) is 1. The van der Waals surface area contributed by atoms with Crippen LogP contribution in [0.25, 0.3) is 0 Å². The van der Waals surface area contributed by atoms with Crippen LogP contribution in [0.3, 0.4) is 0 Å². The molecule has 88 valence electrons. The molecule has 0 bridgehead atoms. The van der Waals surface area contributed by atoms with Crippen molar-refractivity contribution in [2.75, 3.05) is 5.32 Å². The van der Waals surface area contributed by atoms with E-state index < -0.39 is 0 Å². The van der Waals surface area contributed by atoms with Crippen LogP contribution in [-0.4, -0.2) is 11.0 Å². The zero-order chi connectivity index (χ0) is 12.3. The van der Waals surface area contributed by atoms with Crippen molar-refractivity contribution in [3.63, 3.8) is 0 Å². The van der Waals surface area contributed by atoms with E-state index in [0.29, 0.717) is 5.69 Å². The van der Waals surface area contributed by atoms with Gasteiger partial charge in [0, 0.05) is 5.69 Å². The number of rotatable bonds is 3. The largest absolute Gasteiger partial charge is 0.440 e. The van der Waals surface area contributed by atoms with Gasteiger partial charge in [0.15, 0.2) is 11.0 Å². The third-order valence-corrected chi connectivity index (χ3v) is 2.37. The van der Waals surface area contributed by atoms with Gasteiger partial charge < -0.3 is 14.8 Å². The minimum atomic E-state index is -0.382. The fraction of sp³-hybridized carbons (Fsp3) is 0.0833. The number of hydrogen-bond donors (Lipinski definition) is 2. The lowest BCUT2D eigenvalue weighted by Crippen LogP contribution is -2.10. The standard InChI is InChI=1S/C12H10ClNO3/c13-11-5-4-10(17-11)12(16)14-9-3-1-2-8(6-9)7-15/h1-6,15H,7H2,(H,14,16). The maximum absolute atomic E-state index is 11.7. The Bertz CT molecular complexity index is 536. The summed E-state index contributed by atoms with van der Waals surface area (Å²) in [6, 6.07) is 9.91. The SMILES string of the molecule is O=C(Nc1cccc(CO)c1)c1ccc(Cl)o1. The van der Waals surface area contributed by atoms with E-state index in [1.54, 1.807) is 24.3 Å². The molecule has 1 heterocycles. The summed E-state index contributed by atoms with van der Waals surface area (Å²) < 4.78 is 4.98. The van der Waals surface area contributed by atoms with Gasteiger partial charge in [-0.1, -0.05) is 12.1 Å². The van der Waals surface area contributed by atoms with Crippen molar-refractivity contribution >= 4 is 23.2 Å². The molecule has 0 atom stereocenters. The summed E-state index contributed by atoms with van der Waals surface area (Å²) in [7, 11) is 0. The monoisotopic (exact) mass is 251 g/mol. The van der Waals surface area contributed by atoms with Gasteiger partial charge in [-0.05, 0) is 41.4 Å². The summed E-state index contributed by atoms with van der Waals surface area (Å²) in [5.74, 6) is -0.239. The number of aliphatic hydroxyl groups is 1. The van der Waals surface area contributed by atoms with Gasteiger partial charge in [-0.15, -0.1) is 0 Å². The summed E-state index contributed by atoms with van der Waals surface area (Å²) in [5, 5.41) is 11.8. The van der Waals surface area contributed by atoms with Crippen LogP contribution in [0.5, 0.6) is 0 Å². The molecule has 0 radical (unpaired) electrons. The second-order valence-corrected chi connectivity index (χ2v) is 3.79. The summed E-state index contributed by atoms with van der Waals surface area (Å²) >= 11 is 5.58. The Labute approximate surface area is 103 Å². The molecule has 2 N–H and O–H groups in total. The summed E-state index contributed by atoms with van der Waals surface area (Å²) in [4.78, 5) is 11.7. The highest BCUT2D eigenvalue weighted by Crippen LogP contribution is 2.16. The van der Waals surface area contributed by atoms with Gasteiger partial charge in [0.1, 0.15) is 0 Å². The Morgan fingerprint density at radius 1 is 1.35 bits per heavy atom. The van der Waals surface area contributed by atoms with Crippen molar-refractivity contribution in [2.24, 2.45) is 0 Å². The minimum absolute atomic E-state index is 0.0731. The Morgan fingerprint density at radius 2 is 2.18 bits per heavy atom. The molecule has 1 amide bonds. The van der Waals surface area contributed by atoms with E-state index in [1.165, 1.54) is 12.1 Å². The Kier molecular flexibility index (Phi) is 3.46. The summed E-state index contributed by atoms with van der Waals surface area (Å²) in [6.45, 7) is -0.0731. The van der Waals surface area contributed by atoms with Gasteiger partial charge in [0.25, 0.3) is 5.91 Å². The number of halogens is 1. The van der Waals surface area contributed by atoms with Crippen molar-refractivity contribution in [1.29, 1.82) is 0 Å². The number of anilines is 1. The van der Waals surface area contributed by atoms with Crippen molar-refractivity contribution < 1.29 is 14.3 Å². The first-order chi connectivity index (χ1) is 8.19. The lowest BCUT2D eigenvalue weighted by molar-refractivity contribution is 0.0996. The normalized spacial score (nSPS) is 10.2. The van der Waals surface area contributed by atoms with Gasteiger partial charge in [-0.25, -0.2) is 0 Å². The molecule has 0 aliphatic rings. The van der Waals surface area contributed by atoms with Crippen LogP contribution in [0.4, 0.5) is 5.69 Å². The number of carbonyl (C=O) groups is 1. The highest BCUT2D eigenvalue weighted by Gasteiger charge is 2.10. The van der Waals surface area contributed by atoms with E-state index in [4.69, 9.17) is 21.1 Å².